The van der Waals surface area contributed by atoms with Gasteiger partial charge in [0.1, 0.15) is 0 Å². The molecule has 3 aliphatic rings. The molecule has 2 aromatic heterocycles. The van der Waals surface area contributed by atoms with Crippen molar-refractivity contribution < 1.29 is 0 Å². The minimum atomic E-state index is 0.290. The molecule has 7 rings (SSSR count). The Balaban J connectivity index is 1.10. The van der Waals surface area contributed by atoms with Crippen molar-refractivity contribution in [3.8, 4) is 17.1 Å². The Morgan fingerprint density at radius 2 is 1.69 bits per heavy atom. The van der Waals surface area contributed by atoms with Crippen LogP contribution in [-0.2, 0) is 25.7 Å². The summed E-state index contributed by atoms with van der Waals surface area (Å²) in [5, 5.41) is 17.1. The van der Waals surface area contributed by atoms with Crippen LogP contribution in [0.4, 0.5) is 17.6 Å². The van der Waals surface area contributed by atoms with Crippen molar-refractivity contribution >= 4 is 17.6 Å². The van der Waals surface area contributed by atoms with Gasteiger partial charge in [-0.25, -0.2) is 0 Å². The molecule has 1 aliphatic heterocycles. The number of hydrogen-bond acceptors (Lipinski definition) is 7. The highest BCUT2D eigenvalue weighted by atomic mass is 15.4. The van der Waals surface area contributed by atoms with Crippen LogP contribution in [0, 0.1) is 0 Å². The highest BCUT2D eigenvalue weighted by Gasteiger charge is 2.29. The number of nitrogens with two attached hydrogens (primary N) is 1. The zero-order valence-corrected chi connectivity index (χ0v) is 22.6. The molecule has 39 heavy (non-hydrogen) atoms. The second kappa shape index (κ2) is 10.1. The van der Waals surface area contributed by atoms with Crippen LogP contribution < -0.4 is 11.1 Å². The second-order valence-corrected chi connectivity index (χ2v) is 11.4. The third-order valence-electron chi connectivity index (χ3n) is 8.90. The standard InChI is InChI=1S/C31H36N8/c1-20-6-5-17-38(20)26-15-12-21-11-14-25(18-23(21)13-16-26)33-31-34-30(32)39(37-31)28-19-24-9-4-8-22-7-2-3-10-27(22)29(24)36-35-28/h2-3,7,10-11,14,18-20,26H,4-6,8-9,12-13,15-17H2,1H3,(H3,32,33,34,37). The lowest BCUT2D eigenvalue weighted by Crippen LogP contribution is -2.37. The summed E-state index contributed by atoms with van der Waals surface area (Å²) in [7, 11) is 0. The van der Waals surface area contributed by atoms with Gasteiger partial charge in [-0.15, -0.1) is 15.3 Å². The molecule has 0 bridgehead atoms. The van der Waals surface area contributed by atoms with Crippen LogP contribution in [0.2, 0.25) is 0 Å². The topological polar surface area (TPSA) is 97.8 Å². The van der Waals surface area contributed by atoms with E-state index in [0.29, 0.717) is 17.8 Å². The largest absolute Gasteiger partial charge is 0.368 e. The van der Waals surface area contributed by atoms with E-state index in [-0.39, 0.29) is 5.95 Å². The fraction of sp³-hybridized carbons (Fsp3) is 0.419. The molecule has 1 saturated heterocycles. The SMILES string of the molecule is CC1CCCN1C1CCc2ccc(Nc3nc(N)n(-c4cc5c(nn4)-c4ccccc4CCC5)n3)cc2CC1. The molecule has 8 nitrogen and oxygen atoms in total. The van der Waals surface area contributed by atoms with Crippen molar-refractivity contribution in [3.05, 3.63) is 70.8 Å². The summed E-state index contributed by atoms with van der Waals surface area (Å²) in [6.45, 7) is 3.65. The predicted octanol–water partition coefficient (Wildman–Crippen LogP) is 5.27. The molecule has 3 N–H and O–H groups in total. The molecule has 4 aromatic rings. The summed E-state index contributed by atoms with van der Waals surface area (Å²) in [5.74, 6) is 1.35. The van der Waals surface area contributed by atoms with Gasteiger partial charge < -0.3 is 11.1 Å². The lowest BCUT2D eigenvalue weighted by Gasteiger charge is -2.30. The number of anilines is 3. The molecule has 2 atom stereocenters. The van der Waals surface area contributed by atoms with Crippen LogP contribution >= 0.6 is 0 Å². The van der Waals surface area contributed by atoms with Gasteiger partial charge in [-0.2, -0.15) is 9.67 Å². The van der Waals surface area contributed by atoms with Crippen LogP contribution in [0.1, 0.15) is 61.3 Å². The first-order chi connectivity index (χ1) is 19.1. The number of likely N-dealkylation sites (tertiary alicyclic amines) is 1. The van der Waals surface area contributed by atoms with Crippen molar-refractivity contribution in [2.24, 2.45) is 0 Å². The third kappa shape index (κ3) is 4.67. The fourth-order valence-electron chi connectivity index (χ4n) is 6.85. The molecule has 0 radical (unpaired) electrons. The van der Waals surface area contributed by atoms with E-state index < -0.39 is 0 Å². The summed E-state index contributed by atoms with van der Waals surface area (Å²) in [4.78, 5) is 7.24. The summed E-state index contributed by atoms with van der Waals surface area (Å²) in [6.07, 6.45) is 10.5. The molecular weight excluding hydrogens is 484 g/mol. The smallest absolute Gasteiger partial charge is 0.248 e. The number of hydrogen-bond donors (Lipinski definition) is 2. The number of nitrogen functional groups attached to an aromatic ring is 1. The second-order valence-electron chi connectivity index (χ2n) is 11.4. The van der Waals surface area contributed by atoms with Gasteiger partial charge in [0, 0.05) is 23.3 Å². The molecule has 0 saturated carbocycles. The monoisotopic (exact) mass is 520 g/mol. The van der Waals surface area contributed by atoms with Gasteiger partial charge >= 0.3 is 0 Å². The van der Waals surface area contributed by atoms with Crippen LogP contribution in [0.3, 0.4) is 0 Å². The third-order valence-corrected chi connectivity index (χ3v) is 8.90. The molecule has 0 amide bonds. The van der Waals surface area contributed by atoms with E-state index in [1.54, 1.807) is 4.68 Å². The van der Waals surface area contributed by atoms with E-state index in [1.165, 1.54) is 60.0 Å². The first-order valence-electron chi connectivity index (χ1n) is 14.4. The Labute approximate surface area is 229 Å². The average Bonchev–Trinajstić information content (AvgIpc) is 3.40. The lowest BCUT2D eigenvalue weighted by atomic mass is 10.0. The summed E-state index contributed by atoms with van der Waals surface area (Å²) in [5.41, 5.74) is 14.8. The van der Waals surface area contributed by atoms with E-state index in [9.17, 15) is 0 Å². The lowest BCUT2D eigenvalue weighted by molar-refractivity contribution is 0.174. The summed E-state index contributed by atoms with van der Waals surface area (Å²) < 4.78 is 1.58. The maximum Gasteiger partial charge on any atom is 0.248 e. The van der Waals surface area contributed by atoms with E-state index in [0.717, 1.165) is 49.5 Å². The number of fused-ring (bicyclic) bond motifs is 4. The van der Waals surface area contributed by atoms with E-state index in [2.05, 4.69) is 86.0 Å². The first kappa shape index (κ1) is 24.3. The number of nitrogens with zero attached hydrogens (tertiary/aromatic N) is 6. The van der Waals surface area contributed by atoms with Gasteiger partial charge in [-0.1, -0.05) is 30.3 Å². The predicted molar refractivity (Wildman–Crippen MR) is 154 cm³/mol. The zero-order valence-electron chi connectivity index (χ0n) is 22.6. The number of benzene rings is 2. The maximum absolute atomic E-state index is 6.31. The molecule has 8 heteroatoms. The normalized spacial score (nSPS) is 20.9. The summed E-state index contributed by atoms with van der Waals surface area (Å²) in [6, 6.07) is 18.6. The Morgan fingerprint density at radius 3 is 2.56 bits per heavy atom. The van der Waals surface area contributed by atoms with E-state index >= 15 is 0 Å². The Hall–Kier alpha value is -3.78. The Bertz CT molecular complexity index is 1510. The van der Waals surface area contributed by atoms with Gasteiger partial charge in [-0.05, 0) is 112 Å². The van der Waals surface area contributed by atoms with Crippen molar-refractivity contribution in [3.63, 3.8) is 0 Å². The van der Waals surface area contributed by atoms with Gasteiger partial charge in [0.25, 0.3) is 0 Å². The molecule has 2 unspecified atom stereocenters. The Kier molecular flexibility index (Phi) is 6.27. The number of nitrogens with one attached hydrogen (secondary N) is 1. The Morgan fingerprint density at radius 1 is 0.846 bits per heavy atom. The number of aryl methyl sites for hydroxylation is 4. The van der Waals surface area contributed by atoms with Crippen LogP contribution in [-0.4, -0.2) is 48.5 Å². The van der Waals surface area contributed by atoms with Gasteiger partial charge in [0.15, 0.2) is 5.82 Å². The van der Waals surface area contributed by atoms with E-state index in [4.69, 9.17) is 5.73 Å². The van der Waals surface area contributed by atoms with Crippen molar-refractivity contribution in [2.75, 3.05) is 17.6 Å². The van der Waals surface area contributed by atoms with E-state index in [1.807, 2.05) is 0 Å². The molecule has 2 aromatic carbocycles. The maximum atomic E-state index is 6.31. The summed E-state index contributed by atoms with van der Waals surface area (Å²) >= 11 is 0. The zero-order chi connectivity index (χ0) is 26.3. The van der Waals surface area contributed by atoms with Gasteiger partial charge in [-0.3, -0.25) is 4.90 Å². The highest BCUT2D eigenvalue weighted by Crippen LogP contribution is 2.32. The fourth-order valence-corrected chi connectivity index (χ4v) is 6.85. The molecule has 200 valence electrons. The minimum Gasteiger partial charge on any atom is -0.368 e. The molecule has 0 spiro atoms. The van der Waals surface area contributed by atoms with Crippen molar-refractivity contribution in [2.45, 2.75) is 76.8 Å². The quantitative estimate of drug-likeness (QED) is 0.354. The number of aromatic nitrogens is 5. The van der Waals surface area contributed by atoms with Crippen LogP contribution in [0.25, 0.3) is 17.1 Å². The minimum absolute atomic E-state index is 0.290. The van der Waals surface area contributed by atoms with Crippen molar-refractivity contribution in [1.82, 2.24) is 29.9 Å². The van der Waals surface area contributed by atoms with Gasteiger partial charge in [0.2, 0.25) is 11.9 Å². The molecular formula is C31H36N8. The van der Waals surface area contributed by atoms with Gasteiger partial charge in [0.05, 0.1) is 5.69 Å². The van der Waals surface area contributed by atoms with Crippen LogP contribution in [0.15, 0.2) is 48.5 Å². The molecule has 3 heterocycles. The van der Waals surface area contributed by atoms with Crippen molar-refractivity contribution in [1.29, 1.82) is 0 Å². The number of rotatable bonds is 4. The van der Waals surface area contributed by atoms with Crippen LogP contribution in [0.5, 0.6) is 0 Å². The molecule has 1 fully saturated rings. The molecule has 2 aliphatic carbocycles. The first-order valence-corrected chi connectivity index (χ1v) is 14.4. The average molecular weight is 521 g/mol. The highest BCUT2D eigenvalue weighted by molar-refractivity contribution is 5.68.